The summed E-state index contributed by atoms with van der Waals surface area (Å²) in [5.41, 5.74) is 0.922. The van der Waals surface area contributed by atoms with Gasteiger partial charge in [0.05, 0.1) is 11.1 Å². The molecule has 0 saturated heterocycles. The molecule has 2 aromatic heterocycles. The monoisotopic (exact) mass is 282 g/mol. The number of aryl methyl sites for hydroxylation is 2. The first-order valence-electron chi connectivity index (χ1n) is 5.79. The Morgan fingerprint density at radius 1 is 1.39 bits per heavy atom. The van der Waals surface area contributed by atoms with Crippen LogP contribution in [0.1, 0.15) is 24.7 Å². The van der Waals surface area contributed by atoms with Gasteiger partial charge in [-0.15, -0.1) is 0 Å². The molecule has 0 spiro atoms. The lowest BCUT2D eigenvalue weighted by Crippen LogP contribution is -1.99. The molecule has 4 nitrogen and oxygen atoms in total. The molecule has 0 aliphatic heterocycles. The molecule has 0 aliphatic rings. The predicted octanol–water partition coefficient (Wildman–Crippen LogP) is 3.28. The van der Waals surface area contributed by atoms with Crippen LogP contribution >= 0.6 is 23.4 Å². The standard InChI is InChI=1S/C12H15ClN4S/c1-4-5-10-15-11(13)8(2)12(16-10)18-9-6-14-17(3)7-9/h6-7H,4-5H2,1-3H3. The minimum atomic E-state index is 0.542. The van der Waals surface area contributed by atoms with Crippen LogP contribution in [0.3, 0.4) is 0 Å². The largest absolute Gasteiger partial charge is 0.275 e. The van der Waals surface area contributed by atoms with Crippen LogP contribution in [0.4, 0.5) is 0 Å². The number of halogens is 1. The van der Waals surface area contributed by atoms with E-state index < -0.39 is 0 Å². The Hall–Kier alpha value is -1.07. The molecule has 0 aliphatic carbocycles. The molecule has 2 rings (SSSR count). The molecule has 0 aromatic carbocycles. The van der Waals surface area contributed by atoms with E-state index in [2.05, 4.69) is 22.0 Å². The summed E-state index contributed by atoms with van der Waals surface area (Å²) in [6.07, 6.45) is 5.64. The average Bonchev–Trinajstić information content (AvgIpc) is 2.71. The Kier molecular flexibility index (Phi) is 4.24. The quantitative estimate of drug-likeness (QED) is 0.807. The van der Waals surface area contributed by atoms with Crippen molar-refractivity contribution >= 4 is 23.4 Å². The molecular weight excluding hydrogens is 268 g/mol. The van der Waals surface area contributed by atoms with Gasteiger partial charge in [0.25, 0.3) is 0 Å². The van der Waals surface area contributed by atoms with E-state index in [1.807, 2.05) is 26.4 Å². The van der Waals surface area contributed by atoms with E-state index in [0.29, 0.717) is 5.15 Å². The first kappa shape index (κ1) is 13.4. The van der Waals surface area contributed by atoms with Gasteiger partial charge in [0.15, 0.2) is 0 Å². The molecule has 6 heteroatoms. The maximum Gasteiger partial charge on any atom is 0.136 e. The third kappa shape index (κ3) is 3.03. The second-order valence-corrected chi connectivity index (χ2v) is 5.48. The third-order valence-corrected chi connectivity index (χ3v) is 3.86. The van der Waals surface area contributed by atoms with Crippen molar-refractivity contribution in [1.82, 2.24) is 19.7 Å². The van der Waals surface area contributed by atoms with Crippen LogP contribution in [0.5, 0.6) is 0 Å². The van der Waals surface area contributed by atoms with E-state index in [4.69, 9.17) is 11.6 Å². The number of hydrogen-bond acceptors (Lipinski definition) is 4. The molecule has 0 bridgehead atoms. The van der Waals surface area contributed by atoms with Gasteiger partial charge in [0.1, 0.15) is 16.0 Å². The summed E-state index contributed by atoms with van der Waals surface area (Å²) in [6.45, 7) is 4.04. The number of aromatic nitrogens is 4. The van der Waals surface area contributed by atoms with Gasteiger partial charge in [0.2, 0.25) is 0 Å². The minimum Gasteiger partial charge on any atom is -0.275 e. The van der Waals surface area contributed by atoms with Crippen molar-refractivity contribution in [2.45, 2.75) is 36.6 Å². The van der Waals surface area contributed by atoms with Crippen LogP contribution in [-0.2, 0) is 13.5 Å². The number of hydrogen-bond donors (Lipinski definition) is 0. The SMILES string of the molecule is CCCc1nc(Cl)c(C)c(Sc2cnn(C)c2)n1. The summed E-state index contributed by atoms with van der Waals surface area (Å²) < 4.78 is 1.77. The Bertz CT molecular complexity index is 553. The van der Waals surface area contributed by atoms with Crippen molar-refractivity contribution in [2.24, 2.45) is 7.05 Å². The van der Waals surface area contributed by atoms with E-state index in [1.54, 1.807) is 16.4 Å². The molecule has 2 heterocycles. The molecular formula is C12H15ClN4S. The van der Waals surface area contributed by atoms with Crippen molar-refractivity contribution in [2.75, 3.05) is 0 Å². The average molecular weight is 283 g/mol. The van der Waals surface area contributed by atoms with Crippen LogP contribution < -0.4 is 0 Å². The number of rotatable bonds is 4. The van der Waals surface area contributed by atoms with Gasteiger partial charge >= 0.3 is 0 Å². The maximum atomic E-state index is 6.14. The van der Waals surface area contributed by atoms with Crippen molar-refractivity contribution in [1.29, 1.82) is 0 Å². The summed E-state index contributed by atoms with van der Waals surface area (Å²) in [5.74, 6) is 0.805. The van der Waals surface area contributed by atoms with Gasteiger partial charge in [0, 0.05) is 25.2 Å². The fourth-order valence-electron chi connectivity index (χ4n) is 1.51. The number of nitrogens with zero attached hydrogens (tertiary/aromatic N) is 4. The summed E-state index contributed by atoms with van der Waals surface area (Å²) in [7, 11) is 1.90. The molecule has 96 valence electrons. The van der Waals surface area contributed by atoms with E-state index in [0.717, 1.165) is 34.2 Å². The molecule has 2 aromatic rings. The van der Waals surface area contributed by atoms with Crippen LogP contribution in [0, 0.1) is 6.92 Å². The predicted molar refractivity (Wildman–Crippen MR) is 73.1 cm³/mol. The lowest BCUT2D eigenvalue weighted by atomic mass is 10.3. The summed E-state index contributed by atoms with van der Waals surface area (Å²) in [5, 5.41) is 5.59. The normalized spacial score (nSPS) is 10.9. The van der Waals surface area contributed by atoms with Crippen LogP contribution in [0.15, 0.2) is 22.3 Å². The fourth-order valence-corrected chi connectivity index (χ4v) is 2.68. The van der Waals surface area contributed by atoms with E-state index in [9.17, 15) is 0 Å². The van der Waals surface area contributed by atoms with Gasteiger partial charge in [-0.3, -0.25) is 4.68 Å². The molecule has 0 atom stereocenters. The zero-order valence-corrected chi connectivity index (χ0v) is 12.2. The van der Waals surface area contributed by atoms with Crippen LogP contribution in [0.25, 0.3) is 0 Å². The van der Waals surface area contributed by atoms with Crippen molar-refractivity contribution in [3.8, 4) is 0 Å². The highest BCUT2D eigenvalue weighted by Crippen LogP contribution is 2.30. The van der Waals surface area contributed by atoms with Crippen LogP contribution in [-0.4, -0.2) is 19.7 Å². The van der Waals surface area contributed by atoms with Crippen molar-refractivity contribution in [3.63, 3.8) is 0 Å². The first-order valence-corrected chi connectivity index (χ1v) is 6.99. The highest BCUT2D eigenvalue weighted by molar-refractivity contribution is 7.99. The smallest absolute Gasteiger partial charge is 0.136 e. The highest BCUT2D eigenvalue weighted by Gasteiger charge is 2.11. The zero-order chi connectivity index (χ0) is 13.1. The third-order valence-electron chi connectivity index (χ3n) is 2.46. The van der Waals surface area contributed by atoms with E-state index in [-0.39, 0.29) is 0 Å². The first-order chi connectivity index (χ1) is 8.60. The fraction of sp³-hybridized carbons (Fsp3) is 0.417. The molecule has 0 amide bonds. The van der Waals surface area contributed by atoms with Gasteiger partial charge in [-0.25, -0.2) is 9.97 Å². The van der Waals surface area contributed by atoms with E-state index >= 15 is 0 Å². The zero-order valence-electron chi connectivity index (χ0n) is 10.6. The minimum absolute atomic E-state index is 0.542. The van der Waals surface area contributed by atoms with Gasteiger partial charge in [-0.1, -0.05) is 30.3 Å². The molecule has 18 heavy (non-hydrogen) atoms. The Morgan fingerprint density at radius 2 is 2.17 bits per heavy atom. The summed E-state index contributed by atoms with van der Waals surface area (Å²) in [4.78, 5) is 9.90. The van der Waals surface area contributed by atoms with Crippen molar-refractivity contribution < 1.29 is 0 Å². The second kappa shape index (κ2) is 5.71. The van der Waals surface area contributed by atoms with Crippen LogP contribution in [0.2, 0.25) is 5.15 Å². The van der Waals surface area contributed by atoms with Gasteiger partial charge in [-0.2, -0.15) is 5.10 Å². The Labute approximate surface area is 116 Å². The molecule has 0 fully saturated rings. The summed E-state index contributed by atoms with van der Waals surface area (Å²) in [6, 6.07) is 0. The molecule has 0 saturated carbocycles. The lowest BCUT2D eigenvalue weighted by molar-refractivity contribution is 0.766. The topological polar surface area (TPSA) is 43.6 Å². The summed E-state index contributed by atoms with van der Waals surface area (Å²) >= 11 is 7.71. The Morgan fingerprint density at radius 3 is 2.78 bits per heavy atom. The highest BCUT2D eigenvalue weighted by atomic mass is 35.5. The maximum absolute atomic E-state index is 6.14. The lowest BCUT2D eigenvalue weighted by Gasteiger charge is -2.07. The van der Waals surface area contributed by atoms with Gasteiger partial charge in [-0.05, 0) is 13.3 Å². The van der Waals surface area contributed by atoms with E-state index in [1.165, 1.54) is 0 Å². The van der Waals surface area contributed by atoms with Crippen molar-refractivity contribution in [3.05, 3.63) is 28.9 Å². The molecule has 0 N–H and O–H groups in total. The second-order valence-electron chi connectivity index (χ2n) is 4.06. The van der Waals surface area contributed by atoms with Gasteiger partial charge < -0.3 is 0 Å². The molecule has 0 unspecified atom stereocenters. The Balaban J connectivity index is 2.31. The molecule has 0 radical (unpaired) electrons.